The molecule has 3 rings (SSSR count). The number of aryl methyl sites for hydroxylation is 1. The molecule has 4 heteroatoms. The predicted octanol–water partition coefficient (Wildman–Crippen LogP) is 4.91. The summed E-state index contributed by atoms with van der Waals surface area (Å²) >= 11 is 12.3. The Morgan fingerprint density at radius 3 is 2.53 bits per heavy atom. The summed E-state index contributed by atoms with van der Waals surface area (Å²) in [6.07, 6.45) is 0. The van der Waals surface area contributed by atoms with E-state index >= 15 is 0 Å². The molecule has 2 aromatic carbocycles. The van der Waals surface area contributed by atoms with Gasteiger partial charge in [0.15, 0.2) is 5.82 Å². The van der Waals surface area contributed by atoms with Crippen molar-refractivity contribution in [1.82, 2.24) is 9.97 Å². The van der Waals surface area contributed by atoms with Crippen LogP contribution in [0.5, 0.6) is 0 Å². The number of hydrogen-bond donors (Lipinski definition) is 0. The average molecular weight is 289 g/mol. The highest BCUT2D eigenvalue weighted by atomic mass is 35.5. The molecule has 2 nitrogen and oxygen atoms in total. The third-order valence-corrected chi connectivity index (χ3v) is 3.36. The van der Waals surface area contributed by atoms with Crippen molar-refractivity contribution in [2.75, 3.05) is 0 Å². The third kappa shape index (κ3) is 2.42. The van der Waals surface area contributed by atoms with Gasteiger partial charge in [0.1, 0.15) is 5.15 Å². The molecule has 0 aliphatic carbocycles. The van der Waals surface area contributed by atoms with Gasteiger partial charge in [0.2, 0.25) is 0 Å². The van der Waals surface area contributed by atoms with Gasteiger partial charge in [-0.15, -0.1) is 0 Å². The maximum atomic E-state index is 6.21. The minimum Gasteiger partial charge on any atom is -0.228 e. The molecule has 0 aliphatic heterocycles. The van der Waals surface area contributed by atoms with Gasteiger partial charge in [-0.1, -0.05) is 35.3 Å². The van der Waals surface area contributed by atoms with Crippen molar-refractivity contribution in [3.63, 3.8) is 0 Å². The topological polar surface area (TPSA) is 25.8 Å². The SMILES string of the molecule is Cc1cc(Cl)cc(-c2nc(Cl)c3ccccc3n2)c1. The van der Waals surface area contributed by atoms with Crippen LogP contribution >= 0.6 is 23.2 Å². The summed E-state index contributed by atoms with van der Waals surface area (Å²) in [6.45, 7) is 1.98. The summed E-state index contributed by atoms with van der Waals surface area (Å²) in [5, 5.41) is 1.98. The minimum absolute atomic E-state index is 0.457. The van der Waals surface area contributed by atoms with Gasteiger partial charge in [0, 0.05) is 16.0 Å². The van der Waals surface area contributed by atoms with E-state index in [2.05, 4.69) is 9.97 Å². The highest BCUT2D eigenvalue weighted by molar-refractivity contribution is 6.34. The standard InChI is InChI=1S/C15H10Cl2N2/c1-9-6-10(8-11(16)7-9)15-18-13-5-3-2-4-12(13)14(17)19-15/h2-8H,1H3. The summed E-state index contributed by atoms with van der Waals surface area (Å²) in [5.74, 6) is 0.592. The van der Waals surface area contributed by atoms with Gasteiger partial charge in [0.05, 0.1) is 5.52 Å². The zero-order valence-corrected chi connectivity index (χ0v) is 11.7. The second-order valence-electron chi connectivity index (χ2n) is 4.37. The van der Waals surface area contributed by atoms with Gasteiger partial charge in [-0.2, -0.15) is 0 Å². The van der Waals surface area contributed by atoms with Gasteiger partial charge in [-0.3, -0.25) is 0 Å². The van der Waals surface area contributed by atoms with E-state index in [0.29, 0.717) is 16.0 Å². The smallest absolute Gasteiger partial charge is 0.161 e. The Hall–Kier alpha value is -1.64. The molecule has 0 aliphatic rings. The average Bonchev–Trinajstić information content (AvgIpc) is 2.37. The van der Waals surface area contributed by atoms with Crippen LogP contribution in [0.3, 0.4) is 0 Å². The second kappa shape index (κ2) is 4.80. The molecule has 3 aromatic rings. The molecule has 0 N–H and O–H groups in total. The lowest BCUT2D eigenvalue weighted by Crippen LogP contribution is -1.92. The van der Waals surface area contributed by atoms with Crippen LogP contribution in [0.4, 0.5) is 0 Å². The van der Waals surface area contributed by atoms with Gasteiger partial charge in [-0.25, -0.2) is 9.97 Å². The molecule has 1 aromatic heterocycles. The van der Waals surface area contributed by atoms with Crippen molar-refractivity contribution in [2.24, 2.45) is 0 Å². The lowest BCUT2D eigenvalue weighted by atomic mass is 10.1. The molecular weight excluding hydrogens is 279 g/mol. The summed E-state index contributed by atoms with van der Waals surface area (Å²) in [4.78, 5) is 8.88. The van der Waals surface area contributed by atoms with Crippen LogP contribution in [0.1, 0.15) is 5.56 Å². The van der Waals surface area contributed by atoms with Crippen LogP contribution in [0.15, 0.2) is 42.5 Å². The molecule has 94 valence electrons. The van der Waals surface area contributed by atoms with Gasteiger partial charge < -0.3 is 0 Å². The van der Waals surface area contributed by atoms with Crippen LogP contribution < -0.4 is 0 Å². The second-order valence-corrected chi connectivity index (χ2v) is 5.17. The zero-order valence-electron chi connectivity index (χ0n) is 10.2. The lowest BCUT2D eigenvalue weighted by molar-refractivity contribution is 1.22. The largest absolute Gasteiger partial charge is 0.228 e. The minimum atomic E-state index is 0.457. The van der Waals surface area contributed by atoms with E-state index < -0.39 is 0 Å². The molecule has 0 saturated heterocycles. The Morgan fingerprint density at radius 2 is 1.74 bits per heavy atom. The molecule has 1 heterocycles. The molecule has 0 radical (unpaired) electrons. The molecule has 0 unspecified atom stereocenters. The summed E-state index contributed by atoms with van der Waals surface area (Å²) in [6, 6.07) is 13.4. The normalized spacial score (nSPS) is 10.9. The molecular formula is C15H10Cl2N2. The fourth-order valence-electron chi connectivity index (χ4n) is 2.03. The lowest BCUT2D eigenvalue weighted by Gasteiger charge is -2.06. The van der Waals surface area contributed by atoms with Crippen LogP contribution in [0, 0.1) is 6.92 Å². The molecule has 0 amide bonds. The number of aromatic nitrogens is 2. The van der Waals surface area contributed by atoms with Crippen molar-refractivity contribution in [1.29, 1.82) is 0 Å². The van der Waals surface area contributed by atoms with Crippen molar-refractivity contribution >= 4 is 34.1 Å². The van der Waals surface area contributed by atoms with Crippen LogP contribution in [0.25, 0.3) is 22.3 Å². The van der Waals surface area contributed by atoms with Crippen LogP contribution in [0.2, 0.25) is 10.2 Å². The number of fused-ring (bicyclic) bond motifs is 1. The van der Waals surface area contributed by atoms with E-state index in [1.165, 1.54) is 0 Å². The molecule has 0 fully saturated rings. The molecule has 19 heavy (non-hydrogen) atoms. The van der Waals surface area contributed by atoms with E-state index in [9.17, 15) is 0 Å². The zero-order chi connectivity index (χ0) is 13.4. The monoisotopic (exact) mass is 288 g/mol. The fourth-order valence-corrected chi connectivity index (χ4v) is 2.56. The van der Waals surface area contributed by atoms with Crippen molar-refractivity contribution < 1.29 is 0 Å². The van der Waals surface area contributed by atoms with Crippen molar-refractivity contribution in [2.45, 2.75) is 6.92 Å². The van der Waals surface area contributed by atoms with Gasteiger partial charge >= 0.3 is 0 Å². The summed E-state index contributed by atoms with van der Waals surface area (Å²) in [7, 11) is 0. The maximum absolute atomic E-state index is 6.21. The molecule has 0 bridgehead atoms. The van der Waals surface area contributed by atoms with E-state index in [4.69, 9.17) is 23.2 Å². The first-order valence-electron chi connectivity index (χ1n) is 5.83. The van der Waals surface area contributed by atoms with Gasteiger partial charge in [-0.05, 0) is 42.8 Å². The quantitative estimate of drug-likeness (QED) is 0.595. The maximum Gasteiger partial charge on any atom is 0.161 e. The molecule has 0 saturated carbocycles. The number of rotatable bonds is 1. The highest BCUT2D eigenvalue weighted by Crippen LogP contribution is 2.26. The fraction of sp³-hybridized carbons (Fsp3) is 0.0667. The first-order valence-corrected chi connectivity index (χ1v) is 6.59. The number of nitrogens with zero attached hydrogens (tertiary/aromatic N) is 2. The van der Waals surface area contributed by atoms with Crippen molar-refractivity contribution in [3.8, 4) is 11.4 Å². The van der Waals surface area contributed by atoms with Crippen LogP contribution in [-0.4, -0.2) is 9.97 Å². The number of para-hydroxylation sites is 1. The Kier molecular flexibility index (Phi) is 3.13. The molecule has 0 spiro atoms. The Bertz CT molecular complexity index is 749. The van der Waals surface area contributed by atoms with E-state index in [1.54, 1.807) is 0 Å². The van der Waals surface area contributed by atoms with Gasteiger partial charge in [0.25, 0.3) is 0 Å². The Morgan fingerprint density at radius 1 is 0.947 bits per heavy atom. The van der Waals surface area contributed by atoms with E-state index in [-0.39, 0.29) is 0 Å². The van der Waals surface area contributed by atoms with E-state index in [0.717, 1.165) is 22.0 Å². The van der Waals surface area contributed by atoms with Crippen LogP contribution in [-0.2, 0) is 0 Å². The molecule has 0 atom stereocenters. The highest BCUT2D eigenvalue weighted by Gasteiger charge is 2.08. The number of hydrogen-bond acceptors (Lipinski definition) is 2. The first-order chi connectivity index (χ1) is 9.13. The Labute approximate surface area is 121 Å². The number of benzene rings is 2. The third-order valence-electron chi connectivity index (χ3n) is 2.86. The Balaban J connectivity index is 2.25. The number of halogens is 2. The summed E-state index contributed by atoms with van der Waals surface area (Å²) in [5.41, 5.74) is 2.77. The first kappa shape index (κ1) is 12.4. The van der Waals surface area contributed by atoms with Crippen molar-refractivity contribution in [3.05, 3.63) is 58.2 Å². The summed E-state index contributed by atoms with van der Waals surface area (Å²) < 4.78 is 0. The van der Waals surface area contributed by atoms with E-state index in [1.807, 2.05) is 49.4 Å². The predicted molar refractivity (Wildman–Crippen MR) is 79.7 cm³/mol.